The van der Waals surface area contributed by atoms with Crippen molar-refractivity contribution in [3.63, 3.8) is 0 Å². The number of methoxy groups -OCH3 is 1. The topological polar surface area (TPSA) is 70.6 Å². The molecule has 0 aromatic heterocycles. The van der Waals surface area contributed by atoms with Gasteiger partial charge in [-0.15, -0.1) is 0 Å². The van der Waals surface area contributed by atoms with Crippen LogP contribution in [0.1, 0.15) is 18.6 Å². The van der Waals surface area contributed by atoms with Crippen LogP contribution >= 0.6 is 11.6 Å². The maximum absolute atomic E-state index is 11.5. The summed E-state index contributed by atoms with van der Waals surface area (Å²) in [6, 6.07) is 6.73. The highest BCUT2D eigenvalue weighted by molar-refractivity contribution is 6.30. The smallest absolute Gasteiger partial charge is 0.315 e. The summed E-state index contributed by atoms with van der Waals surface area (Å²) in [7, 11) is 1.59. The molecule has 0 saturated heterocycles. The Kier molecular flexibility index (Phi) is 6.62. The number of aliphatic hydroxyl groups is 1. The molecule has 0 aliphatic rings. The summed E-state index contributed by atoms with van der Waals surface area (Å²) in [6.45, 7) is 1.98. The number of urea groups is 1. The largest absolute Gasteiger partial charge is 0.395 e. The molecule has 0 fully saturated rings. The van der Waals surface area contributed by atoms with Crippen molar-refractivity contribution in [2.45, 2.75) is 19.1 Å². The second-order valence-corrected chi connectivity index (χ2v) is 4.56. The lowest BCUT2D eigenvalue weighted by Gasteiger charge is -2.24. The van der Waals surface area contributed by atoms with Crippen LogP contribution in [0.3, 0.4) is 0 Å². The van der Waals surface area contributed by atoms with Crippen molar-refractivity contribution < 1.29 is 14.6 Å². The van der Waals surface area contributed by atoms with Crippen LogP contribution in [0.25, 0.3) is 0 Å². The predicted molar refractivity (Wildman–Crippen MR) is 74.3 cm³/mol. The number of carbonyl (C=O) groups is 1. The molecule has 106 valence electrons. The minimum Gasteiger partial charge on any atom is -0.395 e. The van der Waals surface area contributed by atoms with E-state index in [1.807, 2.05) is 19.1 Å². The lowest BCUT2D eigenvalue weighted by Crippen LogP contribution is -2.44. The number of aliphatic hydroxyl groups excluding tert-OH is 1. The van der Waals surface area contributed by atoms with Gasteiger partial charge in [0.2, 0.25) is 0 Å². The summed E-state index contributed by atoms with van der Waals surface area (Å²) in [5, 5.41) is 14.6. The van der Waals surface area contributed by atoms with Gasteiger partial charge in [-0.05, 0) is 24.6 Å². The molecule has 0 spiro atoms. The highest BCUT2D eigenvalue weighted by Gasteiger charge is 2.20. The van der Waals surface area contributed by atoms with Gasteiger partial charge in [0, 0.05) is 18.7 Å². The Hall–Kier alpha value is -1.30. The van der Waals surface area contributed by atoms with Gasteiger partial charge in [-0.2, -0.15) is 0 Å². The molecular weight excluding hydrogens is 268 g/mol. The molecule has 1 aromatic carbocycles. The molecule has 0 aliphatic carbocycles. The number of amides is 2. The van der Waals surface area contributed by atoms with Crippen LogP contribution in [0.5, 0.6) is 0 Å². The van der Waals surface area contributed by atoms with E-state index in [4.69, 9.17) is 21.4 Å². The average Bonchev–Trinajstić information content (AvgIpc) is 2.39. The van der Waals surface area contributed by atoms with Crippen molar-refractivity contribution in [1.29, 1.82) is 0 Å². The minimum atomic E-state index is -0.336. The van der Waals surface area contributed by atoms with E-state index in [1.165, 1.54) is 0 Å². The summed E-state index contributed by atoms with van der Waals surface area (Å²) < 4.78 is 5.41. The lowest BCUT2D eigenvalue weighted by molar-refractivity contribution is 0.0761. The Morgan fingerprint density at radius 3 is 2.58 bits per heavy atom. The van der Waals surface area contributed by atoms with Crippen molar-refractivity contribution >= 4 is 17.6 Å². The molecule has 6 heteroatoms. The summed E-state index contributed by atoms with van der Waals surface area (Å²) in [6.07, 6.45) is -0.267. The highest BCUT2D eigenvalue weighted by Crippen LogP contribution is 2.22. The second kappa shape index (κ2) is 7.99. The summed E-state index contributed by atoms with van der Waals surface area (Å²) in [5.74, 6) is 0. The number of rotatable bonds is 6. The first-order valence-corrected chi connectivity index (χ1v) is 6.39. The highest BCUT2D eigenvalue weighted by atomic mass is 35.5. The summed E-state index contributed by atoms with van der Waals surface area (Å²) >= 11 is 5.84. The molecular formula is C13H19ClN2O3. The Balaban J connectivity index is 2.63. The van der Waals surface area contributed by atoms with E-state index in [0.717, 1.165) is 5.56 Å². The third kappa shape index (κ3) is 5.06. The van der Waals surface area contributed by atoms with Crippen LogP contribution in [-0.4, -0.2) is 37.4 Å². The summed E-state index contributed by atoms with van der Waals surface area (Å²) in [4.78, 5) is 11.5. The zero-order valence-corrected chi connectivity index (χ0v) is 11.8. The maximum atomic E-state index is 11.5. The number of carbonyl (C=O) groups excluding carboxylic acids is 1. The van der Waals surface area contributed by atoms with Gasteiger partial charge in [-0.1, -0.05) is 23.7 Å². The minimum absolute atomic E-state index is 0.0906. The monoisotopic (exact) mass is 286 g/mol. The number of nitrogens with one attached hydrogen (secondary N) is 2. The lowest BCUT2D eigenvalue weighted by atomic mass is 10.0. The number of hydrogen-bond acceptors (Lipinski definition) is 3. The fraction of sp³-hybridized carbons (Fsp3) is 0.462. The molecule has 1 aromatic rings. The quantitative estimate of drug-likeness (QED) is 0.745. The third-order valence-corrected chi connectivity index (χ3v) is 2.91. The van der Waals surface area contributed by atoms with Crippen molar-refractivity contribution in [2.75, 3.05) is 20.3 Å². The Morgan fingerprint density at radius 1 is 1.42 bits per heavy atom. The molecule has 0 radical (unpaired) electrons. The van der Waals surface area contributed by atoms with E-state index in [1.54, 1.807) is 19.2 Å². The van der Waals surface area contributed by atoms with Gasteiger partial charge in [0.15, 0.2) is 0 Å². The van der Waals surface area contributed by atoms with Gasteiger partial charge < -0.3 is 20.5 Å². The predicted octanol–water partition coefficient (Wildman–Crippen LogP) is 1.71. The number of hydrogen-bond donors (Lipinski definition) is 3. The van der Waals surface area contributed by atoms with E-state index >= 15 is 0 Å². The van der Waals surface area contributed by atoms with Crippen molar-refractivity contribution in [3.8, 4) is 0 Å². The molecule has 1 rings (SSSR count). The maximum Gasteiger partial charge on any atom is 0.315 e. The van der Waals surface area contributed by atoms with E-state index < -0.39 is 0 Å². The van der Waals surface area contributed by atoms with Crippen LogP contribution in [0.15, 0.2) is 24.3 Å². The zero-order chi connectivity index (χ0) is 14.3. The van der Waals surface area contributed by atoms with E-state index in [0.29, 0.717) is 5.02 Å². The van der Waals surface area contributed by atoms with Crippen molar-refractivity contribution in [1.82, 2.24) is 10.6 Å². The molecule has 0 saturated carbocycles. The summed E-state index contributed by atoms with van der Waals surface area (Å²) in [5.41, 5.74) is 0.932. The first-order chi connectivity index (χ1) is 9.08. The van der Waals surface area contributed by atoms with Crippen LogP contribution in [0.4, 0.5) is 4.79 Å². The molecule has 2 amide bonds. The third-order valence-electron chi connectivity index (χ3n) is 2.66. The Labute approximate surface area is 117 Å². The number of halogens is 1. The first-order valence-electron chi connectivity index (χ1n) is 6.02. The molecule has 2 atom stereocenters. The van der Waals surface area contributed by atoms with Gasteiger partial charge in [0.25, 0.3) is 0 Å². The normalized spacial score (nSPS) is 13.7. The van der Waals surface area contributed by atoms with Crippen LogP contribution in [0, 0.1) is 0 Å². The van der Waals surface area contributed by atoms with Crippen LogP contribution in [0.2, 0.25) is 5.02 Å². The van der Waals surface area contributed by atoms with Gasteiger partial charge >= 0.3 is 6.03 Å². The number of ether oxygens (including phenoxy) is 1. The van der Waals surface area contributed by atoms with Crippen molar-refractivity contribution in [2.24, 2.45) is 0 Å². The van der Waals surface area contributed by atoms with Gasteiger partial charge in [-0.25, -0.2) is 4.79 Å². The van der Waals surface area contributed by atoms with E-state index in [-0.39, 0.29) is 31.3 Å². The van der Waals surface area contributed by atoms with E-state index in [2.05, 4.69) is 10.6 Å². The van der Waals surface area contributed by atoms with Crippen LogP contribution < -0.4 is 10.6 Å². The fourth-order valence-electron chi connectivity index (χ4n) is 1.78. The number of benzene rings is 1. The molecule has 3 N–H and O–H groups in total. The zero-order valence-electron chi connectivity index (χ0n) is 11.0. The molecule has 0 aliphatic heterocycles. The molecule has 0 bridgehead atoms. The molecule has 0 heterocycles. The SMILES string of the molecule is COC(c1ccc(Cl)cc1)C(C)NC(=O)NCCO. The molecule has 5 nitrogen and oxygen atoms in total. The first kappa shape index (κ1) is 15.8. The Bertz CT molecular complexity index is 397. The van der Waals surface area contributed by atoms with Gasteiger partial charge in [0.05, 0.1) is 12.6 Å². The second-order valence-electron chi connectivity index (χ2n) is 4.12. The fourth-order valence-corrected chi connectivity index (χ4v) is 1.91. The van der Waals surface area contributed by atoms with Crippen molar-refractivity contribution in [3.05, 3.63) is 34.9 Å². The van der Waals surface area contributed by atoms with Gasteiger partial charge in [-0.3, -0.25) is 0 Å². The Morgan fingerprint density at radius 2 is 2.05 bits per heavy atom. The van der Waals surface area contributed by atoms with Gasteiger partial charge in [0.1, 0.15) is 6.10 Å². The average molecular weight is 287 g/mol. The molecule has 2 unspecified atom stereocenters. The standard InChI is InChI=1S/C13H19ClN2O3/c1-9(16-13(18)15-7-8-17)12(19-2)10-3-5-11(14)6-4-10/h3-6,9,12,17H,7-8H2,1-2H3,(H2,15,16,18). The van der Waals surface area contributed by atoms with Crippen LogP contribution in [-0.2, 0) is 4.74 Å². The van der Waals surface area contributed by atoms with E-state index in [9.17, 15) is 4.79 Å². The molecule has 19 heavy (non-hydrogen) atoms.